The lowest BCUT2D eigenvalue weighted by Crippen LogP contribution is -2.01. The van der Waals surface area contributed by atoms with E-state index in [0.717, 1.165) is 12.8 Å². The second kappa shape index (κ2) is 15.8. The Morgan fingerprint density at radius 2 is 1.26 bits per heavy atom. The molecule has 0 aromatic heterocycles. The van der Waals surface area contributed by atoms with Crippen LogP contribution in [0.2, 0.25) is 0 Å². The number of rotatable bonds is 14. The van der Waals surface area contributed by atoms with Gasteiger partial charge in [-0.2, -0.15) is 0 Å². The van der Waals surface area contributed by atoms with Crippen molar-refractivity contribution < 1.29 is 5.11 Å². The molecule has 19 heavy (non-hydrogen) atoms. The molecule has 0 aliphatic rings. The Hall–Kier alpha value is -0.300. The summed E-state index contributed by atoms with van der Waals surface area (Å²) in [5, 5.41) is 9.79. The molecule has 0 aliphatic carbocycles. The Morgan fingerprint density at radius 1 is 0.737 bits per heavy atom. The summed E-state index contributed by atoms with van der Waals surface area (Å²) in [7, 11) is 0. The zero-order valence-corrected chi connectivity index (χ0v) is 13.4. The van der Waals surface area contributed by atoms with Crippen molar-refractivity contribution in [2.45, 2.75) is 103 Å². The lowest BCUT2D eigenvalue weighted by Gasteiger charge is -2.05. The third kappa shape index (κ3) is 15.6. The van der Waals surface area contributed by atoms with Gasteiger partial charge in [0.1, 0.15) is 0 Å². The van der Waals surface area contributed by atoms with E-state index in [9.17, 15) is 5.11 Å². The molecule has 0 aromatic carbocycles. The highest BCUT2D eigenvalue weighted by Gasteiger charge is 1.98. The van der Waals surface area contributed by atoms with Crippen LogP contribution >= 0.6 is 0 Å². The number of unbranched alkanes of at least 4 members (excludes halogenated alkanes) is 10. The number of allylic oxidation sites excluding steroid dienone is 1. The Labute approximate surface area is 121 Å². The first-order chi connectivity index (χ1) is 9.31. The lowest BCUT2D eigenvalue weighted by molar-refractivity contribution is 0.207. The van der Waals surface area contributed by atoms with Crippen molar-refractivity contribution in [3.8, 4) is 0 Å². The number of hydrogen-bond donors (Lipinski definition) is 1. The molecule has 1 nitrogen and oxygen atoms in total. The van der Waals surface area contributed by atoms with E-state index < -0.39 is 0 Å². The summed E-state index contributed by atoms with van der Waals surface area (Å²) < 4.78 is 0. The standard InChI is InChI=1S/C18H36O/c1-3-5-7-9-10-11-13-15-17-18(19)16-14-12-8-6-4-2/h15,17-19H,3-14,16H2,1-2H3/b17-15+. The Morgan fingerprint density at radius 3 is 1.89 bits per heavy atom. The molecule has 0 aromatic rings. The first kappa shape index (κ1) is 18.7. The zero-order valence-electron chi connectivity index (χ0n) is 13.4. The Bertz CT molecular complexity index is 186. The topological polar surface area (TPSA) is 20.2 Å². The van der Waals surface area contributed by atoms with Crippen molar-refractivity contribution in [2.75, 3.05) is 0 Å². The van der Waals surface area contributed by atoms with Crippen LogP contribution in [-0.4, -0.2) is 11.2 Å². The second-order valence-electron chi connectivity index (χ2n) is 5.75. The van der Waals surface area contributed by atoms with E-state index in [1.165, 1.54) is 70.6 Å². The molecule has 0 saturated carbocycles. The van der Waals surface area contributed by atoms with Gasteiger partial charge >= 0.3 is 0 Å². The monoisotopic (exact) mass is 268 g/mol. The molecule has 0 bridgehead atoms. The molecule has 0 spiro atoms. The maximum Gasteiger partial charge on any atom is 0.0720 e. The molecule has 1 atom stereocenters. The molecule has 0 amide bonds. The molecular formula is C18H36O. The van der Waals surface area contributed by atoms with Crippen LogP contribution in [0.5, 0.6) is 0 Å². The normalized spacial score (nSPS) is 13.2. The van der Waals surface area contributed by atoms with Crippen molar-refractivity contribution >= 4 is 0 Å². The Kier molecular flexibility index (Phi) is 15.5. The van der Waals surface area contributed by atoms with E-state index in [0.29, 0.717) is 0 Å². The highest BCUT2D eigenvalue weighted by molar-refractivity contribution is 4.88. The second-order valence-corrected chi connectivity index (χ2v) is 5.75. The van der Waals surface area contributed by atoms with Crippen LogP contribution in [0.25, 0.3) is 0 Å². The molecule has 114 valence electrons. The van der Waals surface area contributed by atoms with Gasteiger partial charge in [0.05, 0.1) is 6.10 Å². The fraction of sp³-hybridized carbons (Fsp3) is 0.889. The van der Waals surface area contributed by atoms with Crippen LogP contribution in [0, 0.1) is 0 Å². The van der Waals surface area contributed by atoms with Crippen LogP contribution in [0.3, 0.4) is 0 Å². The van der Waals surface area contributed by atoms with Gasteiger partial charge in [0.25, 0.3) is 0 Å². The predicted octanol–water partition coefficient (Wildman–Crippen LogP) is 6.01. The number of hydrogen-bond acceptors (Lipinski definition) is 1. The number of aliphatic hydroxyl groups excluding tert-OH is 1. The highest BCUT2D eigenvalue weighted by atomic mass is 16.3. The highest BCUT2D eigenvalue weighted by Crippen LogP contribution is 2.10. The van der Waals surface area contributed by atoms with Gasteiger partial charge in [-0.3, -0.25) is 0 Å². The van der Waals surface area contributed by atoms with Crippen molar-refractivity contribution in [1.29, 1.82) is 0 Å². The molecule has 0 rings (SSSR count). The van der Waals surface area contributed by atoms with Crippen molar-refractivity contribution in [1.82, 2.24) is 0 Å². The van der Waals surface area contributed by atoms with E-state index in [4.69, 9.17) is 0 Å². The van der Waals surface area contributed by atoms with E-state index in [-0.39, 0.29) is 6.10 Å². The zero-order chi connectivity index (χ0) is 14.2. The fourth-order valence-corrected chi connectivity index (χ4v) is 2.35. The molecule has 0 radical (unpaired) electrons. The van der Waals surface area contributed by atoms with Crippen LogP contribution in [0.1, 0.15) is 97.3 Å². The third-order valence-electron chi connectivity index (χ3n) is 3.69. The maximum absolute atomic E-state index is 9.79. The van der Waals surface area contributed by atoms with E-state index in [1.54, 1.807) is 0 Å². The minimum atomic E-state index is -0.207. The quantitative estimate of drug-likeness (QED) is 0.302. The van der Waals surface area contributed by atoms with Gasteiger partial charge in [-0.25, -0.2) is 0 Å². The summed E-state index contributed by atoms with van der Waals surface area (Å²) in [6.07, 6.45) is 20.5. The van der Waals surface area contributed by atoms with E-state index in [2.05, 4.69) is 19.9 Å². The minimum Gasteiger partial charge on any atom is -0.389 e. The molecule has 1 N–H and O–H groups in total. The summed E-state index contributed by atoms with van der Waals surface area (Å²) in [6, 6.07) is 0. The van der Waals surface area contributed by atoms with Crippen LogP contribution in [-0.2, 0) is 0 Å². The molecule has 1 unspecified atom stereocenters. The molecular weight excluding hydrogens is 232 g/mol. The summed E-state index contributed by atoms with van der Waals surface area (Å²) in [5.41, 5.74) is 0. The summed E-state index contributed by atoms with van der Waals surface area (Å²) in [6.45, 7) is 4.49. The minimum absolute atomic E-state index is 0.207. The average Bonchev–Trinajstić information content (AvgIpc) is 2.41. The smallest absolute Gasteiger partial charge is 0.0720 e. The van der Waals surface area contributed by atoms with Gasteiger partial charge in [-0.05, 0) is 19.3 Å². The maximum atomic E-state index is 9.79. The van der Waals surface area contributed by atoms with Crippen LogP contribution in [0.4, 0.5) is 0 Å². The molecule has 0 heterocycles. The van der Waals surface area contributed by atoms with Gasteiger partial charge in [-0.15, -0.1) is 0 Å². The average molecular weight is 268 g/mol. The van der Waals surface area contributed by atoms with Gasteiger partial charge in [0.15, 0.2) is 0 Å². The van der Waals surface area contributed by atoms with Crippen LogP contribution in [0.15, 0.2) is 12.2 Å². The molecule has 1 heteroatoms. The Balaban J connectivity index is 3.24. The lowest BCUT2D eigenvalue weighted by atomic mass is 10.1. The summed E-state index contributed by atoms with van der Waals surface area (Å²) in [5.74, 6) is 0. The van der Waals surface area contributed by atoms with Gasteiger partial charge < -0.3 is 5.11 Å². The first-order valence-electron chi connectivity index (χ1n) is 8.66. The fourth-order valence-electron chi connectivity index (χ4n) is 2.35. The predicted molar refractivity (Wildman–Crippen MR) is 86.5 cm³/mol. The van der Waals surface area contributed by atoms with Gasteiger partial charge in [-0.1, -0.05) is 90.2 Å². The van der Waals surface area contributed by atoms with E-state index in [1.807, 2.05) is 6.08 Å². The van der Waals surface area contributed by atoms with Gasteiger partial charge in [0, 0.05) is 0 Å². The molecule has 0 saturated heterocycles. The van der Waals surface area contributed by atoms with Crippen LogP contribution < -0.4 is 0 Å². The largest absolute Gasteiger partial charge is 0.389 e. The number of aliphatic hydroxyl groups is 1. The van der Waals surface area contributed by atoms with E-state index >= 15 is 0 Å². The van der Waals surface area contributed by atoms with Crippen molar-refractivity contribution in [3.05, 3.63) is 12.2 Å². The molecule has 0 fully saturated rings. The SMILES string of the molecule is CCCCCCCC/C=C/C(O)CCCCCCC. The van der Waals surface area contributed by atoms with Crippen molar-refractivity contribution in [2.24, 2.45) is 0 Å². The first-order valence-corrected chi connectivity index (χ1v) is 8.66. The summed E-state index contributed by atoms with van der Waals surface area (Å²) in [4.78, 5) is 0. The van der Waals surface area contributed by atoms with Gasteiger partial charge in [0.2, 0.25) is 0 Å². The van der Waals surface area contributed by atoms with Crippen molar-refractivity contribution in [3.63, 3.8) is 0 Å². The summed E-state index contributed by atoms with van der Waals surface area (Å²) >= 11 is 0. The third-order valence-corrected chi connectivity index (χ3v) is 3.69. The molecule has 0 aliphatic heterocycles.